The molecule has 2 aromatic rings. The van der Waals surface area contributed by atoms with Crippen molar-refractivity contribution in [1.29, 1.82) is 0 Å². The van der Waals surface area contributed by atoms with Gasteiger partial charge in [-0.1, -0.05) is 0 Å². The van der Waals surface area contributed by atoms with Crippen molar-refractivity contribution in [2.45, 2.75) is 64.9 Å². The number of likely N-dealkylation sites (tertiary alicyclic amines) is 2. The number of halogens is 1. The molecule has 0 aliphatic carbocycles. The smallest absolute Gasteiger partial charge is 0.415 e. The molecule has 0 N–H and O–H groups in total. The Balaban J connectivity index is 0.000000269. The summed E-state index contributed by atoms with van der Waals surface area (Å²) in [7, 11) is 0. The Morgan fingerprint density at radius 2 is 1.10 bits per heavy atom. The number of hydrogen-bond donors (Lipinski definition) is 0. The van der Waals surface area contributed by atoms with Crippen LogP contribution in [0.3, 0.4) is 0 Å². The normalized spacial score (nSPS) is 14.6. The molecule has 2 heterocycles. The van der Waals surface area contributed by atoms with E-state index in [1.54, 1.807) is 9.80 Å². The van der Waals surface area contributed by atoms with Crippen LogP contribution in [0.15, 0.2) is 48.5 Å². The van der Waals surface area contributed by atoms with E-state index in [9.17, 15) is 34.6 Å². The maximum atomic E-state index is 12.0. The van der Waals surface area contributed by atoms with Gasteiger partial charge in [-0.25, -0.2) is 14.4 Å². The standard InChI is InChI=1S/C15H16N2O4.C13H21NO2.C7H4ClNO4/c1-2-3-12-8-10-16(11-9-12)15(18)21-14-6-4-13(5-7-14)17(19)20;1-5-6-11-7-9-14(10-8-11)12(15)16-13(2,3)4;8-7(10)13-6-3-1-5(2-4-6)9(11)12/h1,4-7,12H,3,8-11H2;1,11H,6-10H2,2-4H3;1-4H. The van der Waals surface area contributed by atoms with Crippen molar-refractivity contribution >= 4 is 40.6 Å². The van der Waals surface area contributed by atoms with Crippen molar-refractivity contribution in [1.82, 2.24) is 9.80 Å². The molecule has 2 saturated heterocycles. The van der Waals surface area contributed by atoms with Crippen LogP contribution in [0, 0.1) is 56.8 Å². The molecule has 0 aromatic heterocycles. The van der Waals surface area contributed by atoms with Crippen molar-refractivity contribution in [3.05, 3.63) is 68.8 Å². The second-order valence-electron chi connectivity index (χ2n) is 12.4. The Morgan fingerprint density at radius 1 is 0.740 bits per heavy atom. The topological polar surface area (TPSA) is 172 Å². The largest absolute Gasteiger partial charge is 0.444 e. The Kier molecular flexibility index (Phi) is 16.5. The molecular weight excluding hydrogens is 672 g/mol. The van der Waals surface area contributed by atoms with Crippen LogP contribution in [0.4, 0.5) is 25.8 Å². The van der Waals surface area contributed by atoms with E-state index in [4.69, 9.17) is 33.9 Å². The lowest BCUT2D eigenvalue weighted by Gasteiger charge is -2.32. The third-order valence-corrected chi connectivity index (χ3v) is 7.53. The van der Waals surface area contributed by atoms with Crippen molar-refractivity contribution in [2.24, 2.45) is 11.8 Å². The molecule has 0 saturated carbocycles. The van der Waals surface area contributed by atoms with E-state index in [1.165, 1.54) is 48.5 Å². The summed E-state index contributed by atoms with van der Waals surface area (Å²) in [5, 5.41) is 20.7. The summed E-state index contributed by atoms with van der Waals surface area (Å²) < 4.78 is 15.0. The highest BCUT2D eigenvalue weighted by molar-refractivity contribution is 6.61. The fourth-order valence-electron chi connectivity index (χ4n) is 4.83. The van der Waals surface area contributed by atoms with Crippen LogP contribution in [0.2, 0.25) is 0 Å². The van der Waals surface area contributed by atoms with E-state index in [0.717, 1.165) is 51.6 Å². The predicted molar refractivity (Wildman–Crippen MR) is 186 cm³/mol. The lowest BCUT2D eigenvalue weighted by molar-refractivity contribution is -0.385. The summed E-state index contributed by atoms with van der Waals surface area (Å²) in [4.78, 5) is 57.1. The molecule has 2 aromatic carbocycles. The highest BCUT2D eigenvalue weighted by atomic mass is 35.5. The SMILES string of the molecule is C#CCC1CCN(C(=O)OC(C)(C)C)CC1.C#CCC1CCN(C(=O)Oc2ccc([N+](=O)[O-])cc2)CC1.O=C(Cl)Oc1ccc([N+](=O)[O-])cc1. The van der Waals surface area contributed by atoms with Crippen molar-refractivity contribution in [2.75, 3.05) is 26.2 Å². The number of carbonyl (C=O) groups is 3. The molecule has 0 radical (unpaired) electrons. The highest BCUT2D eigenvalue weighted by Gasteiger charge is 2.26. The average molecular weight is 713 g/mol. The summed E-state index contributed by atoms with van der Waals surface area (Å²) in [5.74, 6) is 6.85. The second-order valence-corrected chi connectivity index (χ2v) is 12.7. The number of nitro groups is 2. The second kappa shape index (κ2) is 20.2. The van der Waals surface area contributed by atoms with Gasteiger partial charge in [-0.05, 0) is 82.6 Å². The minimum Gasteiger partial charge on any atom is -0.444 e. The summed E-state index contributed by atoms with van der Waals surface area (Å²) >= 11 is 4.92. The van der Waals surface area contributed by atoms with Gasteiger partial charge in [0.05, 0.1) is 9.85 Å². The molecule has 0 bridgehead atoms. The third kappa shape index (κ3) is 15.3. The molecule has 2 aliphatic rings. The minimum atomic E-state index is -0.978. The molecule has 0 unspecified atom stereocenters. The fourth-order valence-corrected chi connectivity index (χ4v) is 4.92. The Hall–Kier alpha value is -5.34. The van der Waals surface area contributed by atoms with Crippen LogP contribution in [-0.2, 0) is 4.74 Å². The van der Waals surface area contributed by atoms with E-state index >= 15 is 0 Å². The molecular formula is C35H41ClN4O10. The quantitative estimate of drug-likeness (QED) is 0.124. The first-order chi connectivity index (χ1) is 23.6. The number of terminal acetylenes is 2. The minimum absolute atomic E-state index is 0.0371. The van der Waals surface area contributed by atoms with Gasteiger partial charge < -0.3 is 24.0 Å². The number of hydrogen-bond acceptors (Lipinski definition) is 10. The molecule has 50 heavy (non-hydrogen) atoms. The molecule has 2 amide bonds. The van der Waals surface area contributed by atoms with Crippen LogP contribution in [-0.4, -0.2) is 69.0 Å². The van der Waals surface area contributed by atoms with E-state index < -0.39 is 27.0 Å². The molecule has 0 spiro atoms. The van der Waals surface area contributed by atoms with Gasteiger partial charge in [0.25, 0.3) is 11.4 Å². The number of benzene rings is 2. The summed E-state index contributed by atoms with van der Waals surface area (Å²) in [5.41, 5.74) is -1.50. The van der Waals surface area contributed by atoms with Crippen LogP contribution >= 0.6 is 11.6 Å². The van der Waals surface area contributed by atoms with Gasteiger partial charge in [0.2, 0.25) is 0 Å². The first-order valence-electron chi connectivity index (χ1n) is 15.8. The number of rotatable bonds is 6. The molecule has 2 aliphatic heterocycles. The van der Waals surface area contributed by atoms with E-state index in [2.05, 4.69) is 16.6 Å². The lowest BCUT2D eigenvalue weighted by Crippen LogP contribution is -2.41. The lowest BCUT2D eigenvalue weighted by atomic mass is 9.94. The number of nitrogens with zero attached hydrogens (tertiary/aromatic N) is 4. The summed E-state index contributed by atoms with van der Waals surface area (Å²) in [6.07, 6.45) is 15.2. The maximum Gasteiger partial charge on any atom is 0.415 e. The zero-order chi connectivity index (χ0) is 37.3. The number of non-ortho nitro benzene ring substituents is 2. The van der Waals surface area contributed by atoms with Crippen molar-refractivity contribution < 1.29 is 38.4 Å². The first-order valence-corrected chi connectivity index (χ1v) is 16.2. The molecule has 4 rings (SSSR count). The van der Waals surface area contributed by atoms with Gasteiger partial charge >= 0.3 is 17.6 Å². The molecule has 14 nitrogen and oxygen atoms in total. The average Bonchev–Trinajstić information content (AvgIpc) is 3.06. The number of ether oxygens (including phenoxy) is 3. The van der Waals surface area contributed by atoms with Gasteiger partial charge in [-0.15, -0.1) is 24.7 Å². The van der Waals surface area contributed by atoms with Gasteiger partial charge in [-0.2, -0.15) is 0 Å². The number of amides is 2. The molecule has 268 valence electrons. The fraction of sp³-hybridized carbons (Fsp3) is 0.457. The monoisotopic (exact) mass is 712 g/mol. The molecule has 15 heteroatoms. The van der Waals surface area contributed by atoms with Gasteiger partial charge in [0.1, 0.15) is 17.1 Å². The van der Waals surface area contributed by atoms with Crippen LogP contribution in [0.5, 0.6) is 11.5 Å². The van der Waals surface area contributed by atoms with E-state index in [1.807, 2.05) is 20.8 Å². The van der Waals surface area contributed by atoms with Crippen molar-refractivity contribution in [3.8, 4) is 36.2 Å². The molecule has 2 fully saturated rings. The Bertz CT molecular complexity index is 1530. The maximum absolute atomic E-state index is 12.0. The molecule has 0 atom stereocenters. The zero-order valence-electron chi connectivity index (χ0n) is 28.2. The van der Waals surface area contributed by atoms with E-state index in [-0.39, 0.29) is 23.2 Å². The Morgan fingerprint density at radius 3 is 1.42 bits per heavy atom. The van der Waals surface area contributed by atoms with E-state index in [0.29, 0.717) is 30.7 Å². The van der Waals surface area contributed by atoms with Gasteiger partial charge in [0.15, 0.2) is 0 Å². The first kappa shape index (κ1) is 40.8. The number of carbonyl (C=O) groups excluding carboxylic acids is 3. The van der Waals surface area contributed by atoms with Gasteiger partial charge in [-0.3, -0.25) is 20.2 Å². The summed E-state index contributed by atoms with van der Waals surface area (Å²) in [6.45, 7) is 8.43. The Labute approximate surface area is 296 Å². The number of piperidine rings is 2. The predicted octanol–water partition coefficient (Wildman–Crippen LogP) is 7.82. The van der Waals surface area contributed by atoms with Gasteiger partial charge in [0, 0.05) is 74.9 Å². The summed E-state index contributed by atoms with van der Waals surface area (Å²) in [6, 6.07) is 10.5. The van der Waals surface area contributed by atoms with Crippen LogP contribution in [0.1, 0.15) is 59.3 Å². The third-order valence-electron chi connectivity index (χ3n) is 7.45. The number of nitro benzene ring substituents is 2. The zero-order valence-corrected chi connectivity index (χ0v) is 29.0. The van der Waals surface area contributed by atoms with Crippen molar-refractivity contribution in [3.63, 3.8) is 0 Å². The van der Waals surface area contributed by atoms with Crippen LogP contribution < -0.4 is 9.47 Å². The van der Waals surface area contributed by atoms with Crippen LogP contribution in [0.25, 0.3) is 0 Å². The highest BCUT2D eigenvalue weighted by Crippen LogP contribution is 2.24.